The third-order valence-corrected chi connectivity index (χ3v) is 4.22. The van der Waals surface area contributed by atoms with E-state index in [0.717, 1.165) is 0 Å². The van der Waals surface area contributed by atoms with Gasteiger partial charge >= 0.3 is 0 Å². The van der Waals surface area contributed by atoms with Gasteiger partial charge in [-0.05, 0) is 37.3 Å². The molecule has 0 saturated heterocycles. The number of sulfonamides is 1. The zero-order valence-corrected chi connectivity index (χ0v) is 14.2. The number of Topliss-reactive ketones (excluding diaryl/α,β-unsaturated/α-hetero) is 1. The highest BCUT2D eigenvalue weighted by atomic mass is 32.2. The molecule has 0 amide bonds. The molecule has 0 spiro atoms. The van der Waals surface area contributed by atoms with Crippen LogP contribution in [-0.2, 0) is 14.8 Å². The fourth-order valence-corrected chi connectivity index (χ4v) is 2.69. The summed E-state index contributed by atoms with van der Waals surface area (Å²) in [6.07, 6.45) is 2.83. The predicted octanol–water partition coefficient (Wildman–Crippen LogP) is 2.74. The Hall–Kier alpha value is -3.14. The second-order valence-electron chi connectivity index (χ2n) is 4.86. The first-order chi connectivity index (χ1) is 11.8. The SMILES string of the molecule is CC(=O)/C(N=Nc1ccc(S(=O)(=O)Nc2ncccn2)cc1)=C(/C)O. The first-order valence-electron chi connectivity index (χ1n) is 7.02. The number of benzene rings is 1. The number of azo groups is 1. The molecule has 1 aromatic carbocycles. The number of hydrogen-bond donors (Lipinski definition) is 2. The number of aromatic nitrogens is 2. The van der Waals surface area contributed by atoms with Crippen LogP contribution in [0.4, 0.5) is 11.6 Å². The van der Waals surface area contributed by atoms with Crippen molar-refractivity contribution in [2.75, 3.05) is 4.72 Å². The van der Waals surface area contributed by atoms with Crippen LogP contribution in [0.1, 0.15) is 13.8 Å². The van der Waals surface area contributed by atoms with Gasteiger partial charge in [0.25, 0.3) is 10.0 Å². The van der Waals surface area contributed by atoms with Gasteiger partial charge in [0.2, 0.25) is 5.95 Å². The number of carbonyl (C=O) groups excluding carboxylic acids is 1. The summed E-state index contributed by atoms with van der Waals surface area (Å²) in [7, 11) is -3.84. The van der Waals surface area contributed by atoms with Crippen LogP contribution in [0, 0.1) is 0 Å². The summed E-state index contributed by atoms with van der Waals surface area (Å²) in [6.45, 7) is 2.57. The van der Waals surface area contributed by atoms with Gasteiger partial charge in [-0.1, -0.05) is 0 Å². The molecule has 10 heteroatoms. The number of allylic oxidation sites excluding steroid dienone is 2. The number of hydrogen-bond acceptors (Lipinski definition) is 8. The van der Waals surface area contributed by atoms with Gasteiger partial charge in [0.05, 0.1) is 10.6 Å². The number of carbonyl (C=O) groups is 1. The maximum absolute atomic E-state index is 12.2. The summed E-state index contributed by atoms with van der Waals surface area (Å²) in [5.41, 5.74) is 0.148. The normalized spacial score (nSPS) is 12.7. The van der Waals surface area contributed by atoms with Crippen LogP contribution in [-0.4, -0.2) is 29.3 Å². The molecule has 130 valence electrons. The van der Waals surface area contributed by atoms with Crippen LogP contribution in [0.25, 0.3) is 0 Å². The average Bonchev–Trinajstić information content (AvgIpc) is 2.55. The highest BCUT2D eigenvalue weighted by Crippen LogP contribution is 2.19. The van der Waals surface area contributed by atoms with E-state index in [1.165, 1.54) is 50.5 Å². The van der Waals surface area contributed by atoms with Gasteiger partial charge < -0.3 is 5.11 Å². The fraction of sp³-hybridized carbons (Fsp3) is 0.133. The number of ketones is 1. The zero-order chi connectivity index (χ0) is 18.4. The molecule has 0 radical (unpaired) electrons. The summed E-state index contributed by atoms with van der Waals surface area (Å²) in [6, 6.07) is 7.03. The molecule has 0 aliphatic rings. The Morgan fingerprint density at radius 3 is 2.24 bits per heavy atom. The van der Waals surface area contributed by atoms with Crippen molar-refractivity contribution in [3.05, 3.63) is 54.2 Å². The first kappa shape index (κ1) is 18.2. The van der Waals surface area contributed by atoms with Crippen molar-refractivity contribution < 1.29 is 18.3 Å². The Morgan fingerprint density at radius 2 is 1.72 bits per heavy atom. The Kier molecular flexibility index (Phi) is 5.55. The molecule has 2 N–H and O–H groups in total. The maximum Gasteiger partial charge on any atom is 0.264 e. The highest BCUT2D eigenvalue weighted by molar-refractivity contribution is 7.92. The van der Waals surface area contributed by atoms with Crippen LogP contribution in [0.3, 0.4) is 0 Å². The van der Waals surface area contributed by atoms with Crippen molar-refractivity contribution >= 4 is 27.4 Å². The standard InChI is InChI=1S/C15H15N5O4S/c1-10(21)14(11(2)22)19-18-12-4-6-13(7-5-12)25(23,24)20-15-16-8-3-9-17-15/h3-9,21H,1-2H3,(H,16,17,20)/b14-10+,19-18?. The number of aliphatic hydroxyl groups is 1. The molecule has 2 rings (SSSR count). The molecule has 1 heterocycles. The van der Waals surface area contributed by atoms with Crippen molar-refractivity contribution in [2.45, 2.75) is 18.7 Å². The van der Waals surface area contributed by atoms with Crippen LogP contribution < -0.4 is 4.72 Å². The van der Waals surface area contributed by atoms with E-state index in [4.69, 9.17) is 0 Å². The molecule has 0 bridgehead atoms. The number of aliphatic hydroxyl groups excluding tert-OH is 1. The minimum atomic E-state index is -3.84. The van der Waals surface area contributed by atoms with Gasteiger partial charge in [0, 0.05) is 19.3 Å². The van der Waals surface area contributed by atoms with Gasteiger partial charge in [0.15, 0.2) is 11.5 Å². The lowest BCUT2D eigenvalue weighted by atomic mass is 10.3. The largest absolute Gasteiger partial charge is 0.510 e. The fourth-order valence-electron chi connectivity index (χ4n) is 1.73. The number of anilines is 1. The zero-order valence-electron chi connectivity index (χ0n) is 13.4. The summed E-state index contributed by atoms with van der Waals surface area (Å²) in [5.74, 6) is -0.724. The molecule has 9 nitrogen and oxygen atoms in total. The highest BCUT2D eigenvalue weighted by Gasteiger charge is 2.15. The summed E-state index contributed by atoms with van der Waals surface area (Å²) < 4.78 is 26.7. The van der Waals surface area contributed by atoms with Crippen LogP contribution in [0.2, 0.25) is 0 Å². The maximum atomic E-state index is 12.2. The number of nitrogens with zero attached hydrogens (tertiary/aromatic N) is 4. The van der Waals surface area contributed by atoms with E-state index in [0.29, 0.717) is 5.69 Å². The monoisotopic (exact) mass is 361 g/mol. The Balaban J connectivity index is 2.19. The molecule has 1 aromatic heterocycles. The van der Waals surface area contributed by atoms with Crippen molar-refractivity contribution in [1.82, 2.24) is 9.97 Å². The number of nitrogens with one attached hydrogen (secondary N) is 1. The minimum Gasteiger partial charge on any atom is -0.510 e. The van der Waals surface area contributed by atoms with E-state index in [1.54, 1.807) is 6.07 Å². The van der Waals surface area contributed by atoms with Gasteiger partial charge in [-0.25, -0.2) is 23.1 Å². The van der Waals surface area contributed by atoms with Crippen molar-refractivity contribution in [3.63, 3.8) is 0 Å². The average molecular weight is 361 g/mol. The van der Waals surface area contributed by atoms with Crippen LogP contribution >= 0.6 is 0 Å². The second kappa shape index (κ2) is 7.62. The third-order valence-electron chi connectivity index (χ3n) is 2.88. The molecular formula is C15H15N5O4S. The topological polar surface area (TPSA) is 134 Å². The summed E-state index contributed by atoms with van der Waals surface area (Å²) in [5, 5.41) is 16.8. The third kappa shape index (κ3) is 4.91. The van der Waals surface area contributed by atoms with E-state index in [9.17, 15) is 18.3 Å². The van der Waals surface area contributed by atoms with Crippen LogP contribution in [0.15, 0.2) is 69.3 Å². The molecule has 25 heavy (non-hydrogen) atoms. The van der Waals surface area contributed by atoms with Gasteiger partial charge in [-0.2, -0.15) is 5.11 Å². The Bertz CT molecular complexity index is 918. The van der Waals surface area contributed by atoms with E-state index in [-0.39, 0.29) is 22.3 Å². The summed E-state index contributed by atoms with van der Waals surface area (Å²) in [4.78, 5) is 18.9. The van der Waals surface area contributed by atoms with Crippen molar-refractivity contribution in [1.29, 1.82) is 0 Å². The Morgan fingerprint density at radius 1 is 1.12 bits per heavy atom. The molecular weight excluding hydrogens is 346 g/mol. The molecule has 2 aromatic rings. The van der Waals surface area contributed by atoms with E-state index < -0.39 is 15.8 Å². The lowest BCUT2D eigenvalue weighted by Crippen LogP contribution is -2.14. The second-order valence-corrected chi connectivity index (χ2v) is 6.54. The minimum absolute atomic E-state index is 0.0143. The molecule has 0 unspecified atom stereocenters. The smallest absolute Gasteiger partial charge is 0.264 e. The van der Waals surface area contributed by atoms with Gasteiger partial charge in [0.1, 0.15) is 5.76 Å². The molecule has 0 aliphatic carbocycles. The molecule has 0 atom stereocenters. The quantitative estimate of drug-likeness (QED) is 0.461. The van der Waals surface area contributed by atoms with Gasteiger partial charge in [-0.3, -0.25) is 4.79 Å². The molecule has 0 aliphatic heterocycles. The summed E-state index contributed by atoms with van der Waals surface area (Å²) >= 11 is 0. The van der Waals surface area contributed by atoms with Gasteiger partial charge in [-0.15, -0.1) is 5.11 Å². The van der Waals surface area contributed by atoms with Crippen LogP contribution in [0.5, 0.6) is 0 Å². The Labute approximate surface area is 144 Å². The van der Waals surface area contributed by atoms with E-state index >= 15 is 0 Å². The lowest BCUT2D eigenvalue weighted by Gasteiger charge is -2.06. The predicted molar refractivity (Wildman–Crippen MR) is 89.8 cm³/mol. The van der Waals surface area contributed by atoms with Crippen molar-refractivity contribution in [3.8, 4) is 0 Å². The first-order valence-corrected chi connectivity index (χ1v) is 8.50. The molecule has 0 fully saturated rings. The van der Waals surface area contributed by atoms with Crippen molar-refractivity contribution in [2.24, 2.45) is 10.2 Å². The number of rotatable bonds is 6. The van der Waals surface area contributed by atoms with E-state index in [1.807, 2.05) is 0 Å². The lowest BCUT2D eigenvalue weighted by molar-refractivity contribution is -0.113. The van der Waals surface area contributed by atoms with E-state index in [2.05, 4.69) is 24.9 Å². The molecule has 0 saturated carbocycles.